The summed E-state index contributed by atoms with van der Waals surface area (Å²) in [6.45, 7) is 0. The van der Waals surface area contributed by atoms with Gasteiger partial charge in [-0.1, -0.05) is 48.5 Å². The number of fused-ring (bicyclic) bond motifs is 8. The lowest BCUT2D eigenvalue weighted by atomic mass is 10.2. The van der Waals surface area contributed by atoms with E-state index in [1.54, 1.807) is 11.8 Å². The zero-order chi connectivity index (χ0) is 23.1. The maximum atomic E-state index is 8.71. The normalized spacial score (nSPS) is 14.9. The molecule has 0 radical (unpaired) electrons. The summed E-state index contributed by atoms with van der Waals surface area (Å²) in [5.74, 6) is 1.80. The molecule has 30 heavy (non-hydrogen) atoms. The minimum absolute atomic E-state index is 0.0117. The molecule has 1 aliphatic heterocycles. The van der Waals surface area contributed by atoms with Crippen molar-refractivity contribution in [2.24, 2.45) is 0 Å². The molecule has 6 aromatic rings. The van der Waals surface area contributed by atoms with Gasteiger partial charge >= 0.3 is 0 Å². The van der Waals surface area contributed by atoms with Crippen LogP contribution in [0.15, 0.2) is 95.8 Å². The van der Waals surface area contributed by atoms with Crippen LogP contribution in [0.4, 0.5) is 0 Å². The summed E-state index contributed by atoms with van der Waals surface area (Å²) < 4.78 is 37.9. The van der Waals surface area contributed by atoms with E-state index in [2.05, 4.69) is 22.8 Å². The van der Waals surface area contributed by atoms with Crippen LogP contribution in [0.3, 0.4) is 0 Å². The van der Waals surface area contributed by atoms with Crippen LogP contribution in [0, 0.1) is 0 Å². The number of hydrogen-bond acceptors (Lipinski definition) is 2. The molecule has 4 aromatic carbocycles. The van der Waals surface area contributed by atoms with Gasteiger partial charge in [0.25, 0.3) is 0 Å². The summed E-state index contributed by atoms with van der Waals surface area (Å²) in [7, 11) is 0. The Bertz CT molecular complexity index is 1820. The number of thioether (sulfide) groups is 1. The monoisotopic (exact) mass is 407 g/mol. The fourth-order valence-electron chi connectivity index (χ4n) is 4.46. The van der Waals surface area contributed by atoms with Crippen molar-refractivity contribution in [1.82, 2.24) is 14.1 Å². The fraction of sp³-hybridized carbons (Fsp3) is 0.0385. The van der Waals surface area contributed by atoms with Gasteiger partial charge in [0.15, 0.2) is 0 Å². The smallest absolute Gasteiger partial charge is 0.124 e. The maximum Gasteiger partial charge on any atom is 0.124 e. The Morgan fingerprint density at radius 3 is 2.60 bits per heavy atom. The molecule has 0 atom stereocenters. The SMILES string of the molecule is [2H]c1c([2H])c([2H])c2c(c1[2H])c1ccccc1n2-c1ccc2c(c1)-n1c(nc3ccccc31)CS2. The van der Waals surface area contributed by atoms with Gasteiger partial charge in [-0.25, -0.2) is 4.98 Å². The molecule has 0 bridgehead atoms. The van der Waals surface area contributed by atoms with Crippen LogP contribution in [0.1, 0.15) is 11.3 Å². The Kier molecular flexibility index (Phi) is 2.59. The van der Waals surface area contributed by atoms with E-state index in [9.17, 15) is 0 Å². The molecule has 0 unspecified atom stereocenters. The number of hydrogen-bond donors (Lipinski definition) is 0. The Labute approximate surface area is 183 Å². The van der Waals surface area contributed by atoms with Crippen molar-refractivity contribution in [3.05, 3.63) is 96.7 Å². The number of imidazole rings is 1. The van der Waals surface area contributed by atoms with Crippen LogP contribution < -0.4 is 0 Å². The van der Waals surface area contributed by atoms with Gasteiger partial charge in [0, 0.05) is 21.4 Å². The van der Waals surface area contributed by atoms with E-state index < -0.39 is 0 Å². The first-order valence-electron chi connectivity index (χ1n) is 11.8. The van der Waals surface area contributed by atoms with Gasteiger partial charge in [0.2, 0.25) is 0 Å². The molecule has 7 rings (SSSR count). The van der Waals surface area contributed by atoms with Gasteiger partial charge in [0.1, 0.15) is 5.82 Å². The highest BCUT2D eigenvalue weighted by Gasteiger charge is 2.22. The Hall–Kier alpha value is -3.50. The maximum absolute atomic E-state index is 8.71. The number of rotatable bonds is 1. The molecule has 3 nitrogen and oxygen atoms in total. The second kappa shape index (κ2) is 6.00. The molecule has 0 fully saturated rings. The zero-order valence-electron chi connectivity index (χ0n) is 19.8. The predicted octanol–water partition coefficient (Wildman–Crippen LogP) is 6.73. The van der Waals surface area contributed by atoms with E-state index >= 15 is 0 Å². The van der Waals surface area contributed by atoms with E-state index in [0.717, 1.165) is 49.8 Å². The molecule has 0 aliphatic carbocycles. The molecule has 142 valence electrons. The predicted molar refractivity (Wildman–Crippen MR) is 125 cm³/mol. The van der Waals surface area contributed by atoms with Crippen LogP contribution in [-0.2, 0) is 5.75 Å². The van der Waals surface area contributed by atoms with Crippen LogP contribution in [0.2, 0.25) is 0 Å². The first-order chi connectivity index (χ1) is 16.5. The van der Waals surface area contributed by atoms with Crippen molar-refractivity contribution in [3.8, 4) is 11.4 Å². The summed E-state index contributed by atoms with van der Waals surface area (Å²) in [4.78, 5) is 5.98. The summed E-state index contributed by atoms with van der Waals surface area (Å²) in [6.07, 6.45) is 0. The average molecular weight is 408 g/mol. The standard InChI is InChI=1S/C26H17N3S/c1-4-10-21-18(7-1)19-8-2-5-11-22(19)28(21)17-13-14-25-24(15-17)29-23-12-6-3-9-20(23)27-26(29)16-30-25/h1-15H,16H2/i1D,4D,7D,10D. The third-order valence-electron chi connectivity index (χ3n) is 5.73. The van der Waals surface area contributed by atoms with Crippen molar-refractivity contribution >= 4 is 44.6 Å². The van der Waals surface area contributed by atoms with Gasteiger partial charge < -0.3 is 4.57 Å². The molecule has 2 aromatic heterocycles. The lowest BCUT2D eigenvalue weighted by Gasteiger charge is -2.20. The van der Waals surface area contributed by atoms with Crippen molar-refractivity contribution in [2.45, 2.75) is 10.6 Å². The second-order valence-corrected chi connectivity index (χ2v) is 8.39. The van der Waals surface area contributed by atoms with E-state index in [1.807, 2.05) is 53.1 Å². The summed E-state index contributed by atoms with van der Waals surface area (Å²) in [6, 6.07) is 21.6. The molecular formula is C26H17N3S. The summed E-state index contributed by atoms with van der Waals surface area (Å²) >= 11 is 1.76. The molecule has 0 spiro atoms. The van der Waals surface area contributed by atoms with Crippen molar-refractivity contribution in [2.75, 3.05) is 0 Å². The lowest BCUT2D eigenvalue weighted by molar-refractivity contribution is 0.941. The van der Waals surface area contributed by atoms with Gasteiger partial charge in [-0.2, -0.15) is 0 Å². The number of para-hydroxylation sites is 4. The van der Waals surface area contributed by atoms with E-state index in [1.165, 1.54) is 0 Å². The van der Waals surface area contributed by atoms with E-state index in [-0.39, 0.29) is 24.2 Å². The van der Waals surface area contributed by atoms with Gasteiger partial charge in [-0.05, 0) is 42.4 Å². The molecule has 0 N–H and O–H groups in total. The van der Waals surface area contributed by atoms with Crippen LogP contribution in [0.5, 0.6) is 0 Å². The van der Waals surface area contributed by atoms with Crippen LogP contribution in [-0.4, -0.2) is 14.1 Å². The molecule has 0 saturated carbocycles. The molecular weight excluding hydrogens is 386 g/mol. The Balaban J connectivity index is 1.60. The average Bonchev–Trinajstić information content (AvgIpc) is 3.42. The first-order valence-corrected chi connectivity index (χ1v) is 10.8. The minimum Gasteiger partial charge on any atom is -0.309 e. The molecule has 0 amide bonds. The number of nitrogens with zero attached hydrogens (tertiary/aromatic N) is 3. The van der Waals surface area contributed by atoms with Crippen LogP contribution >= 0.6 is 11.8 Å². The summed E-state index contributed by atoms with van der Waals surface area (Å²) in [5.41, 5.74) is 5.24. The highest BCUT2D eigenvalue weighted by Crippen LogP contribution is 2.40. The minimum atomic E-state index is -0.224. The molecule has 4 heteroatoms. The molecule has 1 aliphatic rings. The largest absolute Gasteiger partial charge is 0.309 e. The van der Waals surface area contributed by atoms with Gasteiger partial charge in [-0.3, -0.25) is 4.57 Å². The quantitative estimate of drug-likeness (QED) is 0.302. The molecule has 0 saturated heterocycles. The number of aromatic nitrogens is 3. The topological polar surface area (TPSA) is 22.8 Å². The van der Waals surface area contributed by atoms with E-state index in [4.69, 9.17) is 10.5 Å². The first kappa shape index (κ1) is 12.9. The fourth-order valence-corrected chi connectivity index (χ4v) is 5.40. The number of benzene rings is 4. The lowest BCUT2D eigenvalue weighted by Crippen LogP contribution is -2.07. The highest BCUT2D eigenvalue weighted by molar-refractivity contribution is 7.98. The van der Waals surface area contributed by atoms with Crippen molar-refractivity contribution in [3.63, 3.8) is 0 Å². The van der Waals surface area contributed by atoms with Crippen molar-refractivity contribution in [1.29, 1.82) is 0 Å². The second-order valence-electron chi connectivity index (χ2n) is 7.37. The zero-order valence-corrected chi connectivity index (χ0v) is 16.6. The Morgan fingerprint density at radius 2 is 1.63 bits per heavy atom. The Morgan fingerprint density at radius 1 is 0.800 bits per heavy atom. The van der Waals surface area contributed by atoms with E-state index in [0.29, 0.717) is 10.9 Å². The third-order valence-corrected chi connectivity index (χ3v) is 6.79. The molecule has 3 heterocycles. The van der Waals surface area contributed by atoms with Gasteiger partial charge in [-0.15, -0.1) is 11.8 Å². The van der Waals surface area contributed by atoms with Crippen molar-refractivity contribution < 1.29 is 5.48 Å². The van der Waals surface area contributed by atoms with Gasteiger partial charge in [0.05, 0.1) is 39.0 Å². The van der Waals surface area contributed by atoms with Crippen LogP contribution in [0.25, 0.3) is 44.2 Å². The highest BCUT2D eigenvalue weighted by atomic mass is 32.2. The summed E-state index contributed by atoms with van der Waals surface area (Å²) in [5, 5.41) is 1.35. The third kappa shape index (κ3) is 2.14.